The van der Waals surface area contributed by atoms with Crippen molar-refractivity contribution in [2.75, 3.05) is 6.61 Å². The molecule has 0 spiro atoms. The normalized spacial score (nSPS) is 37.0. The molecular weight excluding hydrogens is 255 g/mol. The molecule has 1 aromatic carbocycles. The summed E-state index contributed by atoms with van der Waals surface area (Å²) in [5.41, 5.74) is 0.298. The van der Waals surface area contributed by atoms with Gasteiger partial charge in [0.15, 0.2) is 6.17 Å². The molecule has 6 atom stereocenters. The maximum Gasteiger partial charge on any atom is 0.154 e. The molecule has 106 valence electrons. The Hall–Kier alpha value is -1.05. The Morgan fingerprint density at radius 3 is 2.26 bits per heavy atom. The van der Waals surface area contributed by atoms with E-state index in [-0.39, 0.29) is 0 Å². The van der Waals surface area contributed by atoms with Crippen molar-refractivity contribution in [3.63, 3.8) is 0 Å². The number of alkyl halides is 1. The zero-order valence-electron chi connectivity index (χ0n) is 10.1. The summed E-state index contributed by atoms with van der Waals surface area (Å²) in [5.74, 6) is 0. The van der Waals surface area contributed by atoms with Crippen LogP contribution >= 0.6 is 0 Å². The zero-order valence-corrected chi connectivity index (χ0v) is 10.1. The van der Waals surface area contributed by atoms with Gasteiger partial charge in [0.05, 0.1) is 6.61 Å². The van der Waals surface area contributed by atoms with Gasteiger partial charge in [0, 0.05) is 0 Å². The van der Waals surface area contributed by atoms with Crippen molar-refractivity contribution in [3.8, 4) is 0 Å². The van der Waals surface area contributed by atoms with Gasteiger partial charge in [-0.15, -0.1) is 0 Å². The maximum atomic E-state index is 14.3. The molecule has 2 rings (SSSR count). The Bertz CT molecular complexity index is 399. The largest absolute Gasteiger partial charge is 0.394 e. The van der Waals surface area contributed by atoms with E-state index >= 15 is 0 Å². The number of hydrogen-bond acceptors (Lipinski definition) is 5. The van der Waals surface area contributed by atoms with Crippen molar-refractivity contribution < 1.29 is 29.6 Å². The number of halogens is 1. The fraction of sp³-hybridized carbons (Fsp3) is 0.538. The predicted molar refractivity (Wildman–Crippen MR) is 64.1 cm³/mol. The van der Waals surface area contributed by atoms with Crippen LogP contribution in [0.15, 0.2) is 30.3 Å². The van der Waals surface area contributed by atoms with Gasteiger partial charge in [-0.3, -0.25) is 0 Å². The van der Waals surface area contributed by atoms with Crippen molar-refractivity contribution in [2.45, 2.75) is 36.7 Å². The number of hydrogen-bond donors (Lipinski definition) is 4. The molecule has 6 heteroatoms. The van der Waals surface area contributed by atoms with Gasteiger partial charge in [0.2, 0.25) is 0 Å². The lowest BCUT2D eigenvalue weighted by molar-refractivity contribution is -0.243. The van der Waals surface area contributed by atoms with E-state index in [1.807, 2.05) is 0 Å². The third kappa shape index (κ3) is 2.77. The molecule has 1 heterocycles. The second kappa shape index (κ2) is 5.94. The third-order valence-corrected chi connectivity index (χ3v) is 3.34. The minimum atomic E-state index is -1.66. The molecule has 4 N–H and O–H groups in total. The second-order valence-corrected chi connectivity index (χ2v) is 4.61. The van der Waals surface area contributed by atoms with Gasteiger partial charge >= 0.3 is 0 Å². The van der Waals surface area contributed by atoms with Crippen LogP contribution in [0.5, 0.6) is 0 Å². The lowest BCUT2D eigenvalue weighted by Gasteiger charge is -2.41. The molecule has 0 saturated carbocycles. The lowest BCUT2D eigenvalue weighted by atomic mass is 9.90. The highest BCUT2D eigenvalue weighted by molar-refractivity contribution is 5.19. The first-order valence-corrected chi connectivity index (χ1v) is 6.05. The lowest BCUT2D eigenvalue weighted by Crippen LogP contribution is -2.59. The highest BCUT2D eigenvalue weighted by Crippen LogP contribution is 2.32. The monoisotopic (exact) mass is 272 g/mol. The maximum absolute atomic E-state index is 14.3. The van der Waals surface area contributed by atoms with Gasteiger partial charge in [-0.05, 0) is 5.56 Å². The van der Waals surface area contributed by atoms with Crippen LogP contribution in [-0.4, -0.2) is 57.6 Å². The van der Waals surface area contributed by atoms with Crippen molar-refractivity contribution in [3.05, 3.63) is 35.9 Å². The topological polar surface area (TPSA) is 90.2 Å². The number of aliphatic hydroxyl groups is 4. The first-order valence-electron chi connectivity index (χ1n) is 6.05. The standard InChI is InChI=1S/C13H17FO5/c14-9(7-4-2-1-3-5-7)13-12(18)11(17)10(16)8(6-15)19-13/h1-5,8-13,15-18H,6H2/t8-,9?,10-,11+,12-,13?/m1/s1. The highest BCUT2D eigenvalue weighted by atomic mass is 19.1. The summed E-state index contributed by atoms with van der Waals surface area (Å²) in [7, 11) is 0. The van der Waals surface area contributed by atoms with Crippen molar-refractivity contribution in [1.29, 1.82) is 0 Å². The van der Waals surface area contributed by atoms with Gasteiger partial charge in [0.1, 0.15) is 30.5 Å². The fourth-order valence-electron chi connectivity index (χ4n) is 2.20. The SMILES string of the molecule is OC[C@H]1OC(C(F)c2ccccc2)[C@H](O)[C@@H](O)[C@@H]1O. The van der Waals surface area contributed by atoms with E-state index in [0.29, 0.717) is 5.56 Å². The average Bonchev–Trinajstić information content (AvgIpc) is 2.45. The summed E-state index contributed by atoms with van der Waals surface area (Å²) in [6.07, 6.45) is -8.68. The fourth-order valence-corrected chi connectivity index (χ4v) is 2.20. The van der Waals surface area contributed by atoms with Crippen LogP contribution in [-0.2, 0) is 4.74 Å². The van der Waals surface area contributed by atoms with Crippen LogP contribution in [0.2, 0.25) is 0 Å². The Morgan fingerprint density at radius 1 is 1.05 bits per heavy atom. The van der Waals surface area contributed by atoms with Gasteiger partial charge in [-0.2, -0.15) is 0 Å². The summed E-state index contributed by atoms with van der Waals surface area (Å²) in [4.78, 5) is 0. The van der Waals surface area contributed by atoms with E-state index in [1.54, 1.807) is 18.2 Å². The minimum absolute atomic E-state index is 0.298. The van der Waals surface area contributed by atoms with Gasteiger partial charge in [-0.25, -0.2) is 4.39 Å². The summed E-state index contributed by atoms with van der Waals surface area (Å²) in [5, 5.41) is 38.0. The smallest absolute Gasteiger partial charge is 0.154 e. The van der Waals surface area contributed by atoms with Crippen LogP contribution in [0.4, 0.5) is 4.39 Å². The number of benzene rings is 1. The molecule has 0 aromatic heterocycles. The van der Waals surface area contributed by atoms with Crippen molar-refractivity contribution in [2.24, 2.45) is 0 Å². The Balaban J connectivity index is 2.19. The second-order valence-electron chi connectivity index (χ2n) is 4.61. The third-order valence-electron chi connectivity index (χ3n) is 3.34. The Morgan fingerprint density at radius 2 is 1.68 bits per heavy atom. The molecule has 0 amide bonds. The van der Waals surface area contributed by atoms with E-state index in [1.165, 1.54) is 12.1 Å². The van der Waals surface area contributed by atoms with E-state index < -0.39 is 43.3 Å². The van der Waals surface area contributed by atoms with Crippen LogP contribution in [0, 0.1) is 0 Å². The summed E-state index contributed by atoms with van der Waals surface area (Å²) in [6.45, 7) is -0.567. The van der Waals surface area contributed by atoms with E-state index in [0.717, 1.165) is 0 Å². The molecule has 2 unspecified atom stereocenters. The van der Waals surface area contributed by atoms with Crippen molar-refractivity contribution in [1.82, 2.24) is 0 Å². The van der Waals surface area contributed by atoms with Gasteiger partial charge in [-0.1, -0.05) is 30.3 Å². The predicted octanol–water partition coefficient (Wildman–Crippen LogP) is -0.460. The van der Waals surface area contributed by atoms with Crippen LogP contribution < -0.4 is 0 Å². The molecule has 1 saturated heterocycles. The molecule has 19 heavy (non-hydrogen) atoms. The molecule has 0 radical (unpaired) electrons. The molecular formula is C13H17FO5. The van der Waals surface area contributed by atoms with Crippen molar-refractivity contribution >= 4 is 0 Å². The minimum Gasteiger partial charge on any atom is -0.394 e. The van der Waals surface area contributed by atoms with Crippen LogP contribution in [0.25, 0.3) is 0 Å². The van der Waals surface area contributed by atoms with Gasteiger partial charge in [0.25, 0.3) is 0 Å². The summed E-state index contributed by atoms with van der Waals surface area (Å²) >= 11 is 0. The Labute approximate surface area is 109 Å². The summed E-state index contributed by atoms with van der Waals surface area (Å²) in [6, 6.07) is 8.08. The van der Waals surface area contributed by atoms with E-state index in [9.17, 15) is 19.7 Å². The summed E-state index contributed by atoms with van der Waals surface area (Å²) < 4.78 is 19.5. The number of rotatable bonds is 3. The Kier molecular flexibility index (Phi) is 4.49. The van der Waals surface area contributed by atoms with Gasteiger partial charge < -0.3 is 25.2 Å². The first kappa shape index (κ1) is 14.4. The average molecular weight is 272 g/mol. The first-order chi connectivity index (χ1) is 9.06. The highest BCUT2D eigenvalue weighted by Gasteiger charge is 2.46. The molecule has 1 fully saturated rings. The van der Waals surface area contributed by atoms with E-state index in [2.05, 4.69) is 0 Å². The molecule has 1 aromatic rings. The molecule has 0 bridgehead atoms. The zero-order chi connectivity index (χ0) is 14.0. The molecule has 5 nitrogen and oxygen atoms in total. The van der Waals surface area contributed by atoms with Crippen LogP contribution in [0.3, 0.4) is 0 Å². The van der Waals surface area contributed by atoms with Crippen LogP contribution in [0.1, 0.15) is 11.7 Å². The van der Waals surface area contributed by atoms with E-state index in [4.69, 9.17) is 9.84 Å². The quantitative estimate of drug-likeness (QED) is 0.598. The number of ether oxygens (including phenoxy) is 1. The molecule has 1 aliphatic rings. The molecule has 1 aliphatic heterocycles. The molecule has 0 aliphatic carbocycles. The number of aliphatic hydroxyl groups excluding tert-OH is 4.